The minimum Gasteiger partial charge on any atom is -0.467 e. The van der Waals surface area contributed by atoms with Crippen LogP contribution in [-0.4, -0.2) is 27.5 Å². The Labute approximate surface area is 163 Å². The van der Waals surface area contributed by atoms with Gasteiger partial charge in [-0.2, -0.15) is 0 Å². The van der Waals surface area contributed by atoms with Gasteiger partial charge in [-0.15, -0.1) is 0 Å². The second kappa shape index (κ2) is 7.04. The number of anilines is 1. The van der Waals surface area contributed by atoms with E-state index in [2.05, 4.69) is 5.32 Å². The van der Waals surface area contributed by atoms with Crippen LogP contribution in [0.25, 0.3) is 0 Å². The number of hydrogen-bond acceptors (Lipinski definition) is 6. The highest BCUT2D eigenvalue weighted by molar-refractivity contribution is 6.22. The van der Waals surface area contributed by atoms with E-state index in [-0.39, 0.29) is 28.9 Å². The molecule has 1 aliphatic heterocycles. The van der Waals surface area contributed by atoms with E-state index in [0.29, 0.717) is 11.4 Å². The Morgan fingerprint density at radius 1 is 1.03 bits per heavy atom. The molecule has 3 amide bonds. The molecular weight excluding hydrogens is 378 g/mol. The van der Waals surface area contributed by atoms with Crippen molar-refractivity contribution >= 4 is 29.1 Å². The molecule has 9 heteroatoms. The van der Waals surface area contributed by atoms with E-state index in [1.807, 2.05) is 0 Å². The summed E-state index contributed by atoms with van der Waals surface area (Å²) in [4.78, 5) is 48.8. The lowest BCUT2D eigenvalue weighted by Gasteiger charge is -2.11. The molecule has 0 fully saturated rings. The van der Waals surface area contributed by atoms with E-state index in [9.17, 15) is 24.5 Å². The van der Waals surface area contributed by atoms with Gasteiger partial charge in [0.15, 0.2) is 0 Å². The Morgan fingerprint density at radius 3 is 2.41 bits per heavy atom. The minimum atomic E-state index is -0.538. The zero-order valence-electron chi connectivity index (χ0n) is 14.8. The third kappa shape index (κ3) is 3.36. The molecule has 9 nitrogen and oxygen atoms in total. The molecule has 0 aliphatic carbocycles. The zero-order valence-corrected chi connectivity index (χ0v) is 14.8. The lowest BCUT2D eigenvalue weighted by atomic mass is 10.1. The number of hydrogen-bond donors (Lipinski definition) is 1. The summed E-state index contributed by atoms with van der Waals surface area (Å²) < 4.78 is 5.19. The molecule has 144 valence electrons. The van der Waals surface area contributed by atoms with E-state index >= 15 is 0 Å². The molecule has 0 radical (unpaired) electrons. The molecule has 1 aliphatic rings. The monoisotopic (exact) mass is 391 g/mol. The number of nitro groups is 1. The maximum Gasteiger partial charge on any atom is 0.269 e. The molecule has 0 saturated carbocycles. The summed E-state index contributed by atoms with van der Waals surface area (Å²) in [6, 6.07) is 12.9. The number of imide groups is 1. The molecule has 0 atom stereocenters. The number of nitrogens with zero attached hydrogens (tertiary/aromatic N) is 2. The van der Waals surface area contributed by atoms with Gasteiger partial charge in [-0.1, -0.05) is 0 Å². The van der Waals surface area contributed by atoms with Gasteiger partial charge in [-0.05, 0) is 42.5 Å². The lowest BCUT2D eigenvalue weighted by Crippen LogP contribution is -2.28. The first kappa shape index (κ1) is 18.1. The van der Waals surface area contributed by atoms with Gasteiger partial charge in [-0.25, -0.2) is 0 Å². The predicted molar refractivity (Wildman–Crippen MR) is 100 cm³/mol. The van der Waals surface area contributed by atoms with Crippen LogP contribution in [0.1, 0.15) is 36.8 Å². The van der Waals surface area contributed by atoms with Crippen LogP contribution in [0.15, 0.2) is 65.3 Å². The molecule has 2 heterocycles. The average Bonchev–Trinajstić information content (AvgIpc) is 3.31. The lowest BCUT2D eigenvalue weighted by molar-refractivity contribution is -0.384. The van der Waals surface area contributed by atoms with Gasteiger partial charge in [0, 0.05) is 23.4 Å². The minimum absolute atomic E-state index is 0.00364. The van der Waals surface area contributed by atoms with Crippen LogP contribution in [0.5, 0.6) is 0 Å². The number of fused-ring (bicyclic) bond motifs is 1. The maximum atomic E-state index is 12.6. The smallest absolute Gasteiger partial charge is 0.269 e. The van der Waals surface area contributed by atoms with Crippen molar-refractivity contribution in [2.45, 2.75) is 6.54 Å². The fraction of sp³-hybridized carbons (Fsp3) is 0.0500. The van der Waals surface area contributed by atoms with E-state index in [1.165, 1.54) is 48.7 Å². The molecule has 0 spiro atoms. The summed E-state index contributed by atoms with van der Waals surface area (Å²) >= 11 is 0. The van der Waals surface area contributed by atoms with E-state index < -0.39 is 22.6 Å². The molecule has 2 aromatic carbocycles. The number of benzene rings is 2. The predicted octanol–water partition coefficient (Wildman–Crippen LogP) is 3.24. The van der Waals surface area contributed by atoms with Crippen molar-refractivity contribution in [3.8, 4) is 0 Å². The Hall–Kier alpha value is -4.27. The molecular formula is C20H13N3O6. The van der Waals surface area contributed by atoms with Crippen molar-refractivity contribution in [3.63, 3.8) is 0 Å². The SMILES string of the molecule is O=C(Nc1ccc([N+](=O)[O-])cc1)c1ccc2c(c1)C(=O)N(Cc1ccco1)C2=O. The Balaban J connectivity index is 1.53. The van der Waals surface area contributed by atoms with Crippen LogP contribution in [0, 0.1) is 10.1 Å². The van der Waals surface area contributed by atoms with E-state index in [1.54, 1.807) is 12.1 Å². The fourth-order valence-corrected chi connectivity index (χ4v) is 3.00. The molecule has 4 rings (SSSR count). The van der Waals surface area contributed by atoms with Crippen LogP contribution >= 0.6 is 0 Å². The number of rotatable bonds is 5. The summed E-state index contributed by atoms with van der Waals surface area (Å²) in [5, 5.41) is 13.3. The average molecular weight is 391 g/mol. The van der Waals surface area contributed by atoms with Crippen molar-refractivity contribution in [1.82, 2.24) is 4.90 Å². The van der Waals surface area contributed by atoms with Crippen LogP contribution in [0.2, 0.25) is 0 Å². The molecule has 3 aromatic rings. The van der Waals surface area contributed by atoms with Gasteiger partial charge < -0.3 is 9.73 Å². The maximum absolute atomic E-state index is 12.6. The highest BCUT2D eigenvalue weighted by Gasteiger charge is 2.36. The number of nitro benzene ring substituents is 1. The number of carbonyl (C=O) groups excluding carboxylic acids is 3. The quantitative estimate of drug-likeness (QED) is 0.405. The van der Waals surface area contributed by atoms with Gasteiger partial charge in [0.1, 0.15) is 5.76 Å². The molecule has 29 heavy (non-hydrogen) atoms. The first-order chi connectivity index (χ1) is 13.9. The van der Waals surface area contributed by atoms with Gasteiger partial charge >= 0.3 is 0 Å². The normalized spacial score (nSPS) is 12.8. The second-order valence-corrected chi connectivity index (χ2v) is 6.29. The standard InChI is InChI=1S/C20H13N3O6/c24-18(21-13-4-6-14(7-5-13)23(27)28)12-3-8-16-17(10-12)20(26)22(19(16)25)11-15-2-1-9-29-15/h1-10H,11H2,(H,21,24). The highest BCUT2D eigenvalue weighted by atomic mass is 16.6. The van der Waals surface area contributed by atoms with Crippen LogP contribution in [-0.2, 0) is 6.54 Å². The van der Waals surface area contributed by atoms with Crippen LogP contribution in [0.3, 0.4) is 0 Å². The van der Waals surface area contributed by atoms with Gasteiger partial charge in [-0.3, -0.25) is 29.4 Å². The number of non-ortho nitro benzene ring substituents is 1. The Morgan fingerprint density at radius 2 is 1.76 bits per heavy atom. The van der Waals surface area contributed by atoms with Gasteiger partial charge in [0.05, 0.1) is 28.9 Å². The third-order valence-corrected chi connectivity index (χ3v) is 4.46. The fourth-order valence-electron chi connectivity index (χ4n) is 3.00. The van der Waals surface area contributed by atoms with Crippen molar-refractivity contribution in [2.75, 3.05) is 5.32 Å². The summed E-state index contributed by atoms with van der Waals surface area (Å²) in [5.74, 6) is -1.00. The molecule has 1 aromatic heterocycles. The number of furan rings is 1. The van der Waals surface area contributed by atoms with Crippen molar-refractivity contribution < 1.29 is 23.7 Å². The third-order valence-electron chi connectivity index (χ3n) is 4.46. The van der Waals surface area contributed by atoms with Gasteiger partial charge in [0.25, 0.3) is 23.4 Å². The molecule has 0 saturated heterocycles. The van der Waals surface area contributed by atoms with Crippen LogP contribution < -0.4 is 5.32 Å². The highest BCUT2D eigenvalue weighted by Crippen LogP contribution is 2.26. The van der Waals surface area contributed by atoms with E-state index in [4.69, 9.17) is 4.42 Å². The summed E-state index contributed by atoms with van der Waals surface area (Å²) in [6.45, 7) is 0.00364. The number of nitrogens with one attached hydrogen (secondary N) is 1. The molecule has 1 N–H and O–H groups in total. The summed E-state index contributed by atoms with van der Waals surface area (Å²) in [5.41, 5.74) is 0.804. The van der Waals surface area contributed by atoms with Crippen molar-refractivity contribution in [3.05, 3.63) is 93.4 Å². The zero-order chi connectivity index (χ0) is 20.5. The Bertz CT molecular complexity index is 1140. The van der Waals surface area contributed by atoms with Gasteiger partial charge in [0.2, 0.25) is 0 Å². The number of amides is 3. The first-order valence-electron chi connectivity index (χ1n) is 8.52. The topological polar surface area (TPSA) is 123 Å². The van der Waals surface area contributed by atoms with Crippen LogP contribution in [0.4, 0.5) is 11.4 Å². The van der Waals surface area contributed by atoms with Crippen molar-refractivity contribution in [1.29, 1.82) is 0 Å². The molecule has 0 bridgehead atoms. The molecule has 0 unspecified atom stereocenters. The Kier molecular flexibility index (Phi) is 4.40. The van der Waals surface area contributed by atoms with Crippen molar-refractivity contribution in [2.24, 2.45) is 0 Å². The number of carbonyl (C=O) groups is 3. The first-order valence-corrected chi connectivity index (χ1v) is 8.52. The summed E-state index contributed by atoms with van der Waals surface area (Å²) in [6.07, 6.45) is 1.45. The summed E-state index contributed by atoms with van der Waals surface area (Å²) in [7, 11) is 0. The largest absolute Gasteiger partial charge is 0.467 e. The van der Waals surface area contributed by atoms with E-state index in [0.717, 1.165) is 4.90 Å². The second-order valence-electron chi connectivity index (χ2n) is 6.29.